The van der Waals surface area contributed by atoms with Gasteiger partial charge in [-0.25, -0.2) is 4.79 Å². The molecule has 0 spiro atoms. The number of hydrogen-bond donors (Lipinski definition) is 0. The van der Waals surface area contributed by atoms with Gasteiger partial charge in [0.25, 0.3) is 0 Å². The average molecular weight is 344 g/mol. The molecular formula is C19H20O6. The van der Waals surface area contributed by atoms with Gasteiger partial charge >= 0.3 is 5.97 Å². The minimum Gasteiger partial charge on any atom is -0.494 e. The van der Waals surface area contributed by atoms with E-state index in [1.165, 1.54) is 26.2 Å². The maximum Gasteiger partial charge on any atom is 0.349 e. The fraction of sp³-hybridized carbons (Fsp3) is 0.263. The van der Waals surface area contributed by atoms with Crippen LogP contribution in [0.4, 0.5) is 0 Å². The summed E-state index contributed by atoms with van der Waals surface area (Å²) >= 11 is 0. The molecule has 0 aliphatic carbocycles. The molecule has 2 aromatic carbocycles. The smallest absolute Gasteiger partial charge is 0.349 e. The molecule has 0 amide bonds. The van der Waals surface area contributed by atoms with Crippen molar-refractivity contribution >= 4 is 11.8 Å². The second kappa shape index (κ2) is 8.73. The summed E-state index contributed by atoms with van der Waals surface area (Å²) < 4.78 is 21.1. The first-order chi connectivity index (χ1) is 12.0. The van der Waals surface area contributed by atoms with E-state index in [9.17, 15) is 9.59 Å². The first-order valence-corrected chi connectivity index (χ1v) is 7.78. The zero-order valence-electron chi connectivity index (χ0n) is 14.4. The largest absolute Gasteiger partial charge is 0.494 e. The van der Waals surface area contributed by atoms with Crippen LogP contribution in [0.5, 0.6) is 23.0 Å². The fourth-order valence-electron chi connectivity index (χ4n) is 2.06. The van der Waals surface area contributed by atoms with E-state index in [0.717, 1.165) is 5.75 Å². The van der Waals surface area contributed by atoms with E-state index >= 15 is 0 Å². The minimum absolute atomic E-state index is 0.102. The Bertz CT molecular complexity index is 736. The molecule has 0 unspecified atom stereocenters. The number of ether oxygens (including phenoxy) is 4. The van der Waals surface area contributed by atoms with Crippen LogP contribution in [-0.2, 0) is 4.79 Å². The SMILES string of the molecule is CCOc1ccc(OCC(=O)Oc2ccc(C(C)=O)cc2OC)cc1. The van der Waals surface area contributed by atoms with E-state index in [1.807, 2.05) is 6.92 Å². The standard InChI is InChI=1S/C19H20O6/c1-4-23-15-6-8-16(9-7-15)24-12-19(21)25-17-10-5-14(13(2)20)11-18(17)22-3/h5-11H,4,12H2,1-3H3. The normalized spacial score (nSPS) is 10.0. The van der Waals surface area contributed by atoms with Crippen LogP contribution in [0, 0.1) is 0 Å². The number of Topliss-reactive ketones (excluding diaryl/α,β-unsaturated/α-hetero) is 1. The van der Waals surface area contributed by atoms with Crippen molar-refractivity contribution in [3.63, 3.8) is 0 Å². The molecule has 0 N–H and O–H groups in total. The number of methoxy groups -OCH3 is 1. The predicted molar refractivity (Wildman–Crippen MR) is 91.7 cm³/mol. The summed E-state index contributed by atoms with van der Waals surface area (Å²) in [6.45, 7) is 3.67. The third-order valence-corrected chi connectivity index (χ3v) is 3.29. The highest BCUT2D eigenvalue weighted by atomic mass is 16.6. The zero-order chi connectivity index (χ0) is 18.2. The Balaban J connectivity index is 1.94. The van der Waals surface area contributed by atoms with Crippen molar-refractivity contribution in [3.05, 3.63) is 48.0 Å². The number of carbonyl (C=O) groups is 2. The molecule has 2 aromatic rings. The first-order valence-electron chi connectivity index (χ1n) is 7.78. The molecule has 0 aliphatic heterocycles. The monoisotopic (exact) mass is 344 g/mol. The van der Waals surface area contributed by atoms with E-state index in [2.05, 4.69) is 0 Å². The zero-order valence-corrected chi connectivity index (χ0v) is 14.4. The van der Waals surface area contributed by atoms with Gasteiger partial charge in [-0.3, -0.25) is 4.79 Å². The van der Waals surface area contributed by atoms with Crippen molar-refractivity contribution in [2.75, 3.05) is 20.3 Å². The molecule has 2 rings (SSSR count). The van der Waals surface area contributed by atoms with Crippen LogP contribution in [0.3, 0.4) is 0 Å². The Morgan fingerprint density at radius 3 is 2.12 bits per heavy atom. The van der Waals surface area contributed by atoms with Crippen molar-refractivity contribution < 1.29 is 28.5 Å². The molecule has 0 heterocycles. The second-order valence-corrected chi connectivity index (χ2v) is 5.09. The third kappa shape index (κ3) is 5.24. The molecule has 0 fully saturated rings. The quantitative estimate of drug-likeness (QED) is 0.416. The molecule has 6 heteroatoms. The Kier molecular flexibility index (Phi) is 6.39. The average Bonchev–Trinajstić information content (AvgIpc) is 2.61. The number of benzene rings is 2. The topological polar surface area (TPSA) is 71.1 Å². The Labute approximate surface area is 146 Å². The van der Waals surface area contributed by atoms with Crippen LogP contribution in [-0.4, -0.2) is 32.1 Å². The summed E-state index contributed by atoms with van der Waals surface area (Å²) in [6.07, 6.45) is 0. The van der Waals surface area contributed by atoms with E-state index < -0.39 is 5.97 Å². The summed E-state index contributed by atoms with van der Waals surface area (Å²) in [5.74, 6) is 1.11. The highest BCUT2D eigenvalue weighted by Crippen LogP contribution is 2.28. The summed E-state index contributed by atoms with van der Waals surface area (Å²) in [5, 5.41) is 0. The lowest BCUT2D eigenvalue weighted by Crippen LogP contribution is -2.18. The molecule has 0 aromatic heterocycles. The van der Waals surface area contributed by atoms with Gasteiger partial charge in [0.15, 0.2) is 23.9 Å². The molecular weight excluding hydrogens is 324 g/mol. The van der Waals surface area contributed by atoms with Crippen molar-refractivity contribution in [2.45, 2.75) is 13.8 Å². The number of rotatable bonds is 8. The van der Waals surface area contributed by atoms with Crippen molar-refractivity contribution in [3.8, 4) is 23.0 Å². The number of esters is 1. The highest BCUT2D eigenvalue weighted by molar-refractivity contribution is 5.94. The molecule has 0 atom stereocenters. The lowest BCUT2D eigenvalue weighted by molar-refractivity contribution is -0.136. The number of ketones is 1. The van der Waals surface area contributed by atoms with E-state index in [1.54, 1.807) is 30.3 Å². The molecule has 25 heavy (non-hydrogen) atoms. The number of hydrogen-bond acceptors (Lipinski definition) is 6. The minimum atomic E-state index is -0.581. The summed E-state index contributed by atoms with van der Waals surface area (Å²) in [7, 11) is 1.44. The van der Waals surface area contributed by atoms with Gasteiger partial charge in [-0.2, -0.15) is 0 Å². The summed E-state index contributed by atoms with van der Waals surface area (Å²) in [5.41, 5.74) is 0.474. The van der Waals surface area contributed by atoms with Crippen molar-refractivity contribution in [1.29, 1.82) is 0 Å². The van der Waals surface area contributed by atoms with Gasteiger partial charge < -0.3 is 18.9 Å². The Morgan fingerprint density at radius 2 is 1.56 bits per heavy atom. The lowest BCUT2D eigenvalue weighted by atomic mass is 10.1. The lowest BCUT2D eigenvalue weighted by Gasteiger charge is -2.11. The van der Waals surface area contributed by atoms with Gasteiger partial charge in [-0.1, -0.05) is 0 Å². The molecule has 6 nitrogen and oxygen atoms in total. The molecule has 132 valence electrons. The Hall–Kier alpha value is -3.02. The van der Waals surface area contributed by atoms with E-state index in [0.29, 0.717) is 23.7 Å². The van der Waals surface area contributed by atoms with E-state index in [4.69, 9.17) is 18.9 Å². The molecule has 0 radical (unpaired) electrons. The highest BCUT2D eigenvalue weighted by Gasteiger charge is 2.13. The molecule has 0 bridgehead atoms. The first kappa shape index (κ1) is 18.3. The maximum absolute atomic E-state index is 11.9. The van der Waals surface area contributed by atoms with Gasteiger partial charge in [0, 0.05) is 5.56 Å². The van der Waals surface area contributed by atoms with Crippen LogP contribution in [0.15, 0.2) is 42.5 Å². The van der Waals surface area contributed by atoms with Crippen LogP contribution >= 0.6 is 0 Å². The van der Waals surface area contributed by atoms with Gasteiger partial charge in [0.05, 0.1) is 13.7 Å². The fourth-order valence-corrected chi connectivity index (χ4v) is 2.06. The van der Waals surface area contributed by atoms with Gasteiger partial charge in [0.1, 0.15) is 11.5 Å². The van der Waals surface area contributed by atoms with Gasteiger partial charge in [0.2, 0.25) is 0 Å². The molecule has 0 aliphatic rings. The Morgan fingerprint density at radius 1 is 0.920 bits per heavy atom. The van der Waals surface area contributed by atoms with Crippen LogP contribution in [0.2, 0.25) is 0 Å². The predicted octanol–water partition coefficient (Wildman–Crippen LogP) is 3.28. The second-order valence-electron chi connectivity index (χ2n) is 5.09. The van der Waals surface area contributed by atoms with Gasteiger partial charge in [-0.05, 0) is 56.3 Å². The van der Waals surface area contributed by atoms with Crippen molar-refractivity contribution in [1.82, 2.24) is 0 Å². The summed E-state index contributed by atoms with van der Waals surface area (Å²) in [6, 6.07) is 11.5. The van der Waals surface area contributed by atoms with Gasteiger partial charge in [-0.15, -0.1) is 0 Å². The van der Waals surface area contributed by atoms with Crippen LogP contribution < -0.4 is 18.9 Å². The summed E-state index contributed by atoms with van der Waals surface area (Å²) in [4.78, 5) is 23.3. The number of carbonyl (C=O) groups excluding carboxylic acids is 2. The maximum atomic E-state index is 11.9. The third-order valence-electron chi connectivity index (χ3n) is 3.29. The van der Waals surface area contributed by atoms with E-state index in [-0.39, 0.29) is 18.1 Å². The molecule has 0 saturated carbocycles. The van der Waals surface area contributed by atoms with Crippen LogP contribution in [0.25, 0.3) is 0 Å². The van der Waals surface area contributed by atoms with Crippen molar-refractivity contribution in [2.24, 2.45) is 0 Å². The molecule has 0 saturated heterocycles. The van der Waals surface area contributed by atoms with Crippen LogP contribution in [0.1, 0.15) is 24.2 Å².